The third-order valence-corrected chi connectivity index (χ3v) is 1.11. The average Bonchev–Trinajstić information content (AvgIpc) is 1.85. The lowest BCUT2D eigenvalue weighted by Crippen LogP contribution is -1.79. The van der Waals surface area contributed by atoms with E-state index in [1.165, 1.54) is 0 Å². The van der Waals surface area contributed by atoms with Crippen molar-refractivity contribution in [2.75, 3.05) is 0 Å². The zero-order valence-electron chi connectivity index (χ0n) is 6.85. The first-order chi connectivity index (χ1) is 4.66. The molecule has 0 saturated carbocycles. The van der Waals surface area contributed by atoms with Crippen LogP contribution in [0.1, 0.15) is 27.2 Å². The monoisotopic (exact) mass is 138 g/mol. The molecule has 0 aromatic carbocycles. The largest absolute Gasteiger partial charge is 0.295 e. The van der Waals surface area contributed by atoms with E-state index in [9.17, 15) is 4.79 Å². The van der Waals surface area contributed by atoms with Crippen molar-refractivity contribution in [3.8, 4) is 0 Å². The number of ketones is 1. The molecule has 10 heavy (non-hydrogen) atoms. The van der Waals surface area contributed by atoms with Crippen molar-refractivity contribution in [2.45, 2.75) is 27.2 Å². The summed E-state index contributed by atoms with van der Waals surface area (Å²) in [5.74, 6) is 0.101. The SMILES string of the molecule is CCC=C(C)C=CC(C)=O. The molecule has 0 amide bonds. The highest BCUT2D eigenvalue weighted by atomic mass is 16.1. The summed E-state index contributed by atoms with van der Waals surface area (Å²) in [6, 6.07) is 0. The highest BCUT2D eigenvalue weighted by Gasteiger charge is 1.82. The van der Waals surface area contributed by atoms with Crippen LogP contribution < -0.4 is 0 Å². The average molecular weight is 138 g/mol. The molecular formula is C9H14O. The first-order valence-electron chi connectivity index (χ1n) is 3.52. The molecule has 0 aliphatic heterocycles. The zero-order valence-corrected chi connectivity index (χ0v) is 6.85. The fourth-order valence-electron chi connectivity index (χ4n) is 0.639. The Morgan fingerprint density at radius 1 is 1.30 bits per heavy atom. The first-order valence-corrected chi connectivity index (χ1v) is 3.52. The summed E-state index contributed by atoms with van der Waals surface area (Å²) in [5, 5.41) is 0. The van der Waals surface area contributed by atoms with Gasteiger partial charge in [0.1, 0.15) is 0 Å². The van der Waals surface area contributed by atoms with Gasteiger partial charge in [-0.05, 0) is 26.3 Å². The second-order valence-electron chi connectivity index (χ2n) is 2.30. The molecule has 0 aromatic heterocycles. The van der Waals surface area contributed by atoms with E-state index in [1.54, 1.807) is 13.0 Å². The maximum absolute atomic E-state index is 10.4. The van der Waals surface area contributed by atoms with Gasteiger partial charge in [0.25, 0.3) is 0 Å². The van der Waals surface area contributed by atoms with Gasteiger partial charge in [0.05, 0.1) is 0 Å². The minimum Gasteiger partial charge on any atom is -0.295 e. The van der Waals surface area contributed by atoms with Crippen LogP contribution in [-0.4, -0.2) is 5.78 Å². The summed E-state index contributed by atoms with van der Waals surface area (Å²) in [4.78, 5) is 10.4. The smallest absolute Gasteiger partial charge is 0.152 e. The Morgan fingerprint density at radius 2 is 1.90 bits per heavy atom. The molecule has 0 aliphatic carbocycles. The van der Waals surface area contributed by atoms with Gasteiger partial charge in [-0.15, -0.1) is 0 Å². The number of carbonyl (C=O) groups excluding carboxylic acids is 1. The topological polar surface area (TPSA) is 17.1 Å². The number of hydrogen-bond donors (Lipinski definition) is 0. The van der Waals surface area contributed by atoms with Gasteiger partial charge in [0, 0.05) is 0 Å². The third-order valence-electron chi connectivity index (χ3n) is 1.11. The van der Waals surface area contributed by atoms with Crippen LogP contribution in [0.4, 0.5) is 0 Å². The molecule has 0 radical (unpaired) electrons. The second-order valence-corrected chi connectivity index (χ2v) is 2.30. The maximum atomic E-state index is 10.4. The van der Waals surface area contributed by atoms with Crippen LogP contribution in [0.3, 0.4) is 0 Å². The van der Waals surface area contributed by atoms with E-state index in [0.29, 0.717) is 0 Å². The Labute approximate surface area is 62.4 Å². The Bertz CT molecular complexity index is 164. The molecule has 1 nitrogen and oxygen atoms in total. The number of carbonyl (C=O) groups is 1. The third kappa shape index (κ3) is 5.29. The predicted octanol–water partition coefficient (Wildman–Crippen LogP) is 2.49. The molecule has 0 N–H and O–H groups in total. The number of rotatable bonds is 3. The van der Waals surface area contributed by atoms with Gasteiger partial charge in [-0.1, -0.05) is 24.6 Å². The summed E-state index contributed by atoms with van der Waals surface area (Å²) in [7, 11) is 0. The summed E-state index contributed by atoms with van der Waals surface area (Å²) in [6.07, 6.45) is 6.53. The van der Waals surface area contributed by atoms with Crippen LogP contribution in [0.2, 0.25) is 0 Å². The van der Waals surface area contributed by atoms with Crippen molar-refractivity contribution in [3.63, 3.8) is 0 Å². The van der Waals surface area contributed by atoms with Crippen molar-refractivity contribution in [2.24, 2.45) is 0 Å². The summed E-state index contributed by atoms with van der Waals surface area (Å²) >= 11 is 0. The van der Waals surface area contributed by atoms with Crippen molar-refractivity contribution >= 4 is 5.78 Å². The minimum atomic E-state index is 0.101. The molecular weight excluding hydrogens is 124 g/mol. The molecule has 0 fully saturated rings. The summed E-state index contributed by atoms with van der Waals surface area (Å²) < 4.78 is 0. The van der Waals surface area contributed by atoms with Crippen LogP contribution in [0.5, 0.6) is 0 Å². The fourth-order valence-corrected chi connectivity index (χ4v) is 0.639. The summed E-state index contributed by atoms with van der Waals surface area (Å²) in [5.41, 5.74) is 1.15. The lowest BCUT2D eigenvalue weighted by Gasteiger charge is -1.87. The van der Waals surface area contributed by atoms with Crippen LogP contribution in [0, 0.1) is 0 Å². The second kappa shape index (κ2) is 4.98. The standard InChI is InChI=1S/C9H14O/c1-4-5-8(2)6-7-9(3)10/h5-7H,4H2,1-3H3. The molecule has 0 spiro atoms. The lowest BCUT2D eigenvalue weighted by molar-refractivity contribution is -0.112. The lowest BCUT2D eigenvalue weighted by atomic mass is 10.2. The minimum absolute atomic E-state index is 0.101. The molecule has 0 rings (SSSR count). The van der Waals surface area contributed by atoms with Crippen LogP contribution in [0.15, 0.2) is 23.8 Å². The van der Waals surface area contributed by atoms with Crippen molar-refractivity contribution in [1.82, 2.24) is 0 Å². The van der Waals surface area contributed by atoms with Gasteiger partial charge in [-0.3, -0.25) is 4.79 Å². The quantitative estimate of drug-likeness (QED) is 0.432. The van der Waals surface area contributed by atoms with Gasteiger partial charge in [0.15, 0.2) is 5.78 Å². The molecule has 0 saturated heterocycles. The van der Waals surface area contributed by atoms with E-state index < -0.39 is 0 Å². The van der Waals surface area contributed by atoms with Gasteiger partial charge >= 0.3 is 0 Å². The van der Waals surface area contributed by atoms with Gasteiger partial charge in [-0.2, -0.15) is 0 Å². The highest BCUT2D eigenvalue weighted by molar-refractivity contribution is 5.87. The normalized spacial score (nSPS) is 12.5. The van der Waals surface area contributed by atoms with Crippen molar-refractivity contribution in [3.05, 3.63) is 23.8 Å². The van der Waals surface area contributed by atoms with E-state index in [0.717, 1.165) is 12.0 Å². The Balaban J connectivity index is 3.89. The number of hydrogen-bond acceptors (Lipinski definition) is 1. The molecule has 0 heterocycles. The molecule has 1 heteroatoms. The molecule has 0 aliphatic rings. The highest BCUT2D eigenvalue weighted by Crippen LogP contribution is 1.96. The fraction of sp³-hybridized carbons (Fsp3) is 0.444. The summed E-state index contributed by atoms with van der Waals surface area (Å²) in [6.45, 7) is 5.61. The Hall–Kier alpha value is -0.850. The van der Waals surface area contributed by atoms with Crippen LogP contribution >= 0.6 is 0 Å². The molecule has 0 bridgehead atoms. The zero-order chi connectivity index (χ0) is 7.98. The molecule has 0 aromatic rings. The predicted molar refractivity (Wildman–Crippen MR) is 43.9 cm³/mol. The first kappa shape index (κ1) is 9.15. The van der Waals surface area contributed by atoms with E-state index >= 15 is 0 Å². The van der Waals surface area contributed by atoms with Gasteiger partial charge in [-0.25, -0.2) is 0 Å². The molecule has 0 atom stereocenters. The maximum Gasteiger partial charge on any atom is 0.152 e. The van der Waals surface area contributed by atoms with E-state index in [4.69, 9.17) is 0 Å². The van der Waals surface area contributed by atoms with E-state index in [2.05, 4.69) is 13.0 Å². The Morgan fingerprint density at radius 3 is 2.30 bits per heavy atom. The van der Waals surface area contributed by atoms with Gasteiger partial charge in [0.2, 0.25) is 0 Å². The number of allylic oxidation sites excluding steroid dienone is 4. The molecule has 56 valence electrons. The van der Waals surface area contributed by atoms with Gasteiger partial charge < -0.3 is 0 Å². The molecule has 0 unspecified atom stereocenters. The van der Waals surface area contributed by atoms with Crippen LogP contribution in [0.25, 0.3) is 0 Å². The van der Waals surface area contributed by atoms with E-state index in [1.807, 2.05) is 13.0 Å². The Kier molecular flexibility index (Phi) is 4.55. The van der Waals surface area contributed by atoms with E-state index in [-0.39, 0.29) is 5.78 Å². The van der Waals surface area contributed by atoms with Crippen molar-refractivity contribution in [1.29, 1.82) is 0 Å². The van der Waals surface area contributed by atoms with Crippen LogP contribution in [-0.2, 0) is 4.79 Å². The van der Waals surface area contributed by atoms with Crippen molar-refractivity contribution < 1.29 is 4.79 Å².